The third-order valence-electron chi connectivity index (χ3n) is 2.39. The van der Waals surface area contributed by atoms with Crippen molar-refractivity contribution in [3.8, 4) is 0 Å². The van der Waals surface area contributed by atoms with Gasteiger partial charge in [-0.2, -0.15) is 0 Å². The van der Waals surface area contributed by atoms with E-state index >= 15 is 0 Å². The molecule has 0 aliphatic carbocycles. The number of nitrogens with one attached hydrogen (secondary N) is 1. The van der Waals surface area contributed by atoms with Gasteiger partial charge in [0, 0.05) is 0 Å². The SMILES string of the molecule is Nc1ccc(NS(=O)(=O)c2ccccc2)cc1N. The van der Waals surface area contributed by atoms with Gasteiger partial charge in [0.1, 0.15) is 0 Å². The van der Waals surface area contributed by atoms with Crippen LogP contribution in [0, 0.1) is 0 Å². The van der Waals surface area contributed by atoms with Gasteiger partial charge >= 0.3 is 0 Å². The van der Waals surface area contributed by atoms with Gasteiger partial charge in [-0.15, -0.1) is 0 Å². The lowest BCUT2D eigenvalue weighted by atomic mass is 10.2. The van der Waals surface area contributed by atoms with Crippen LogP contribution < -0.4 is 16.2 Å². The molecule has 0 radical (unpaired) electrons. The summed E-state index contributed by atoms with van der Waals surface area (Å²) in [7, 11) is -3.59. The standard InChI is InChI=1S/C12H13N3O2S/c13-11-7-6-9(8-12(11)14)15-18(16,17)10-4-2-1-3-5-10/h1-8,15H,13-14H2. The van der Waals surface area contributed by atoms with Crippen molar-refractivity contribution in [1.82, 2.24) is 0 Å². The van der Waals surface area contributed by atoms with Crippen LogP contribution in [0.3, 0.4) is 0 Å². The van der Waals surface area contributed by atoms with Crippen molar-refractivity contribution in [2.45, 2.75) is 4.90 Å². The van der Waals surface area contributed by atoms with Crippen LogP contribution >= 0.6 is 0 Å². The molecule has 2 aromatic rings. The van der Waals surface area contributed by atoms with Crippen molar-refractivity contribution in [3.05, 3.63) is 48.5 Å². The van der Waals surface area contributed by atoms with Gasteiger partial charge in [-0.1, -0.05) is 18.2 Å². The summed E-state index contributed by atoms with van der Waals surface area (Å²) in [5.74, 6) is 0. The van der Waals surface area contributed by atoms with Gasteiger partial charge in [0.05, 0.1) is 22.0 Å². The summed E-state index contributed by atoms with van der Waals surface area (Å²) in [6.45, 7) is 0. The van der Waals surface area contributed by atoms with Crippen LogP contribution in [0.25, 0.3) is 0 Å². The topological polar surface area (TPSA) is 98.2 Å². The maximum Gasteiger partial charge on any atom is 0.261 e. The predicted octanol–water partition coefficient (Wildman–Crippen LogP) is 1.65. The fourth-order valence-corrected chi connectivity index (χ4v) is 2.52. The summed E-state index contributed by atoms with van der Waals surface area (Å²) < 4.78 is 26.5. The largest absolute Gasteiger partial charge is 0.397 e. The molecule has 0 heterocycles. The minimum Gasteiger partial charge on any atom is -0.397 e. The second-order valence-electron chi connectivity index (χ2n) is 3.76. The van der Waals surface area contributed by atoms with Crippen molar-refractivity contribution in [2.75, 3.05) is 16.2 Å². The number of hydrogen-bond donors (Lipinski definition) is 3. The number of sulfonamides is 1. The number of hydrogen-bond acceptors (Lipinski definition) is 4. The summed E-state index contributed by atoms with van der Waals surface area (Å²) in [5, 5.41) is 0. The van der Waals surface area contributed by atoms with Crippen LogP contribution in [0.4, 0.5) is 17.1 Å². The van der Waals surface area contributed by atoms with Crippen molar-refractivity contribution >= 4 is 27.1 Å². The molecule has 0 aliphatic heterocycles. The number of rotatable bonds is 3. The Kier molecular flexibility index (Phi) is 3.12. The van der Waals surface area contributed by atoms with Crippen molar-refractivity contribution in [1.29, 1.82) is 0 Å². The molecule has 5 nitrogen and oxygen atoms in total. The molecule has 2 aromatic carbocycles. The highest BCUT2D eigenvalue weighted by Gasteiger charge is 2.13. The molecule has 0 bridgehead atoms. The van der Waals surface area contributed by atoms with Gasteiger partial charge < -0.3 is 11.5 Å². The first-order valence-electron chi connectivity index (χ1n) is 5.22. The third kappa shape index (κ3) is 2.54. The molecule has 0 unspecified atom stereocenters. The third-order valence-corrected chi connectivity index (χ3v) is 3.79. The zero-order valence-corrected chi connectivity index (χ0v) is 10.3. The van der Waals surface area contributed by atoms with Gasteiger partial charge in [-0.3, -0.25) is 4.72 Å². The smallest absolute Gasteiger partial charge is 0.261 e. The molecule has 0 fully saturated rings. The highest BCUT2D eigenvalue weighted by atomic mass is 32.2. The second-order valence-corrected chi connectivity index (χ2v) is 5.44. The first-order valence-corrected chi connectivity index (χ1v) is 6.70. The van der Waals surface area contributed by atoms with E-state index in [1.165, 1.54) is 18.2 Å². The molecular formula is C12H13N3O2S. The molecule has 0 aliphatic rings. The highest BCUT2D eigenvalue weighted by molar-refractivity contribution is 7.92. The lowest BCUT2D eigenvalue weighted by molar-refractivity contribution is 0.601. The average Bonchev–Trinajstić information content (AvgIpc) is 2.35. The monoisotopic (exact) mass is 263 g/mol. The van der Waals surface area contributed by atoms with Crippen LogP contribution in [0.1, 0.15) is 0 Å². The van der Waals surface area contributed by atoms with Gasteiger partial charge in [0.15, 0.2) is 0 Å². The Morgan fingerprint density at radius 1 is 0.889 bits per heavy atom. The number of benzene rings is 2. The molecule has 0 saturated heterocycles. The quantitative estimate of drug-likeness (QED) is 0.733. The van der Waals surface area contributed by atoms with Gasteiger partial charge in [-0.05, 0) is 30.3 Å². The Morgan fingerprint density at radius 3 is 2.17 bits per heavy atom. The highest BCUT2D eigenvalue weighted by Crippen LogP contribution is 2.22. The van der Waals surface area contributed by atoms with E-state index in [0.717, 1.165) is 0 Å². The summed E-state index contributed by atoms with van der Waals surface area (Å²) in [6, 6.07) is 12.7. The molecule has 2 rings (SSSR count). The summed E-state index contributed by atoms with van der Waals surface area (Å²) in [5.41, 5.74) is 12.3. The molecule has 0 spiro atoms. The maximum atomic E-state index is 12.0. The molecule has 94 valence electrons. The van der Waals surface area contributed by atoms with Crippen LogP contribution in [0.5, 0.6) is 0 Å². The minimum absolute atomic E-state index is 0.195. The molecule has 0 saturated carbocycles. The molecule has 5 N–H and O–H groups in total. The first kappa shape index (κ1) is 12.3. The zero-order chi connectivity index (χ0) is 13.2. The van der Waals surface area contributed by atoms with Crippen LogP contribution in [-0.4, -0.2) is 8.42 Å². The fourth-order valence-electron chi connectivity index (χ4n) is 1.45. The summed E-state index contributed by atoms with van der Waals surface area (Å²) in [6.07, 6.45) is 0. The summed E-state index contributed by atoms with van der Waals surface area (Å²) in [4.78, 5) is 0.195. The summed E-state index contributed by atoms with van der Waals surface area (Å²) >= 11 is 0. The van der Waals surface area contributed by atoms with Crippen molar-refractivity contribution < 1.29 is 8.42 Å². The minimum atomic E-state index is -3.59. The molecular weight excluding hydrogens is 250 g/mol. The Bertz CT molecular complexity index is 654. The van der Waals surface area contributed by atoms with E-state index in [0.29, 0.717) is 17.1 Å². The molecule has 18 heavy (non-hydrogen) atoms. The Morgan fingerprint density at radius 2 is 1.56 bits per heavy atom. The van der Waals surface area contributed by atoms with E-state index in [1.54, 1.807) is 30.3 Å². The van der Waals surface area contributed by atoms with E-state index in [1.807, 2.05) is 0 Å². The second kappa shape index (κ2) is 4.58. The lowest BCUT2D eigenvalue weighted by Gasteiger charge is -2.09. The number of nitrogens with two attached hydrogens (primary N) is 2. The predicted molar refractivity (Wildman–Crippen MR) is 72.5 cm³/mol. The Hall–Kier alpha value is -2.21. The van der Waals surface area contributed by atoms with Gasteiger partial charge in [0.2, 0.25) is 0 Å². The molecule has 6 heteroatoms. The van der Waals surface area contributed by atoms with E-state index in [2.05, 4.69) is 4.72 Å². The lowest BCUT2D eigenvalue weighted by Crippen LogP contribution is -2.13. The maximum absolute atomic E-state index is 12.0. The van der Waals surface area contributed by atoms with Crippen LogP contribution in [-0.2, 0) is 10.0 Å². The van der Waals surface area contributed by atoms with Gasteiger partial charge in [0.25, 0.3) is 10.0 Å². The van der Waals surface area contributed by atoms with E-state index in [9.17, 15) is 8.42 Å². The number of anilines is 3. The zero-order valence-electron chi connectivity index (χ0n) is 9.50. The molecule has 0 amide bonds. The van der Waals surface area contributed by atoms with Crippen molar-refractivity contribution in [2.24, 2.45) is 0 Å². The van der Waals surface area contributed by atoms with E-state index in [4.69, 9.17) is 11.5 Å². The normalized spacial score (nSPS) is 11.1. The van der Waals surface area contributed by atoms with Gasteiger partial charge in [-0.25, -0.2) is 8.42 Å². The first-order chi connectivity index (χ1) is 8.49. The molecule has 0 aromatic heterocycles. The average molecular weight is 263 g/mol. The Balaban J connectivity index is 2.31. The van der Waals surface area contributed by atoms with E-state index in [-0.39, 0.29) is 4.90 Å². The van der Waals surface area contributed by atoms with E-state index < -0.39 is 10.0 Å². The van der Waals surface area contributed by atoms with Crippen molar-refractivity contribution in [3.63, 3.8) is 0 Å². The molecule has 0 atom stereocenters. The van der Waals surface area contributed by atoms with Crippen LogP contribution in [0.2, 0.25) is 0 Å². The number of nitrogen functional groups attached to an aromatic ring is 2. The Labute approximate surface area is 105 Å². The van der Waals surface area contributed by atoms with Crippen LogP contribution in [0.15, 0.2) is 53.4 Å². The fraction of sp³-hybridized carbons (Fsp3) is 0.